The second-order valence-corrected chi connectivity index (χ2v) is 15.6. The predicted molar refractivity (Wildman–Crippen MR) is 188 cm³/mol. The first-order valence-electron chi connectivity index (χ1n) is 16.8. The Labute approximate surface area is 305 Å². The van der Waals surface area contributed by atoms with Crippen LogP contribution in [0.3, 0.4) is 0 Å². The zero-order valence-corrected chi connectivity index (χ0v) is 30.9. The van der Waals surface area contributed by atoms with Crippen LogP contribution in [0.5, 0.6) is 0 Å². The Bertz CT molecular complexity index is 1590. The molecule has 3 N–H and O–H groups in total. The number of nitrogens with zero attached hydrogens (tertiary/aromatic N) is 4. The molecule has 0 bridgehead atoms. The summed E-state index contributed by atoms with van der Waals surface area (Å²) in [5, 5.41) is 5.31. The first-order valence-corrected chi connectivity index (χ1v) is 18.0. The third kappa shape index (κ3) is 10.4. The van der Waals surface area contributed by atoms with E-state index < -0.39 is 29.3 Å². The standard InChI is InChI=1S/C34H45ClF3N7O5S/c1-31(2,3)50-30(47)44-21-22(20-32(44,4)5)48-19-16-39-24-8-6-9-27(40-24)51-43-29(46)23-10-11-25(41-28(23)35)45-17-12-26(42-45)49-18-7-13-33(14-15-33)34(36,37)38/h6,8-12,17,22,26,42H,7,13-16,18-21H2,1-5H3,(H,39,40)(H,43,46). The average Bonchev–Trinajstić information content (AvgIpc) is 3.59. The van der Waals surface area contributed by atoms with Crippen LogP contribution in [0, 0.1) is 5.41 Å². The zero-order chi connectivity index (χ0) is 37.0. The Balaban J connectivity index is 1.02. The molecule has 2 unspecified atom stereocenters. The highest BCUT2D eigenvalue weighted by Crippen LogP contribution is 2.60. The number of alkyl halides is 3. The summed E-state index contributed by atoms with van der Waals surface area (Å²) in [5.41, 5.74) is 0.713. The second-order valence-electron chi connectivity index (χ2n) is 14.4. The molecule has 2 fully saturated rings. The van der Waals surface area contributed by atoms with E-state index >= 15 is 0 Å². The van der Waals surface area contributed by atoms with E-state index in [-0.39, 0.29) is 54.3 Å². The first kappa shape index (κ1) is 38.9. The molecule has 51 heavy (non-hydrogen) atoms. The van der Waals surface area contributed by atoms with Gasteiger partial charge < -0.3 is 24.4 Å². The molecule has 5 rings (SSSR count). The van der Waals surface area contributed by atoms with Crippen LogP contribution in [-0.2, 0) is 14.2 Å². The number of carbonyl (C=O) groups is 2. The lowest BCUT2D eigenvalue weighted by atomic mass is 10.00. The highest BCUT2D eigenvalue weighted by Gasteiger charge is 2.62. The summed E-state index contributed by atoms with van der Waals surface area (Å²) in [4.78, 5) is 36.2. The smallest absolute Gasteiger partial charge is 0.410 e. The molecule has 2 atom stereocenters. The predicted octanol–water partition coefficient (Wildman–Crippen LogP) is 7.09. The van der Waals surface area contributed by atoms with Crippen LogP contribution >= 0.6 is 23.5 Å². The molecule has 3 aliphatic rings. The number of hydrazine groups is 1. The summed E-state index contributed by atoms with van der Waals surface area (Å²) in [6, 6.07) is 8.53. The van der Waals surface area contributed by atoms with Crippen molar-refractivity contribution in [3.8, 4) is 0 Å². The zero-order valence-electron chi connectivity index (χ0n) is 29.3. The van der Waals surface area contributed by atoms with Crippen LogP contribution in [0.2, 0.25) is 5.15 Å². The molecule has 2 aliphatic heterocycles. The Morgan fingerprint density at radius 1 is 1.10 bits per heavy atom. The lowest BCUT2D eigenvalue weighted by Crippen LogP contribution is -2.45. The lowest BCUT2D eigenvalue weighted by molar-refractivity contribution is -0.189. The van der Waals surface area contributed by atoms with Gasteiger partial charge in [-0.2, -0.15) is 18.6 Å². The molecule has 2 amide bonds. The summed E-state index contributed by atoms with van der Waals surface area (Å²) in [7, 11) is 0. The third-order valence-electron chi connectivity index (χ3n) is 8.75. The van der Waals surface area contributed by atoms with Crippen LogP contribution in [0.15, 0.2) is 47.6 Å². The minimum absolute atomic E-state index is 0.0182. The van der Waals surface area contributed by atoms with E-state index in [9.17, 15) is 22.8 Å². The number of hydrogen-bond acceptors (Lipinski definition) is 11. The lowest BCUT2D eigenvalue weighted by Gasteiger charge is -2.33. The van der Waals surface area contributed by atoms with Gasteiger partial charge in [0.1, 0.15) is 33.6 Å². The SMILES string of the molecule is CC(C)(C)OC(=O)N1CC(OCCNc2cccc(SNC(=O)c3ccc(N4C=CC(OCCCC5(C(F)(F)F)CC5)N4)nc3Cl)n2)CC1(C)C. The van der Waals surface area contributed by atoms with E-state index in [1.165, 1.54) is 0 Å². The Morgan fingerprint density at radius 2 is 1.86 bits per heavy atom. The van der Waals surface area contributed by atoms with Crippen molar-refractivity contribution in [3.63, 3.8) is 0 Å². The van der Waals surface area contributed by atoms with Crippen LogP contribution in [-0.4, -0.2) is 82.8 Å². The summed E-state index contributed by atoms with van der Waals surface area (Å²) in [6.45, 7) is 11.1. The fourth-order valence-corrected chi connectivity index (χ4v) is 6.69. The molecule has 1 aliphatic carbocycles. The quantitative estimate of drug-likeness (QED) is 0.104. The van der Waals surface area contributed by atoms with Crippen molar-refractivity contribution in [2.75, 3.05) is 36.6 Å². The molecule has 0 aromatic carbocycles. The Kier molecular flexibility index (Phi) is 12.0. The molecule has 0 radical (unpaired) electrons. The molecule has 1 saturated heterocycles. The molecular weight excluding hydrogens is 711 g/mol. The summed E-state index contributed by atoms with van der Waals surface area (Å²) in [6.07, 6.45) is -0.345. The highest BCUT2D eigenvalue weighted by molar-refractivity contribution is 7.97. The van der Waals surface area contributed by atoms with Crippen LogP contribution < -0.4 is 20.5 Å². The average molecular weight is 756 g/mol. The molecule has 2 aromatic heterocycles. The topological polar surface area (TPSA) is 130 Å². The minimum Gasteiger partial charge on any atom is -0.444 e. The second kappa shape index (κ2) is 15.7. The number of halogens is 4. The van der Waals surface area contributed by atoms with E-state index in [0.29, 0.717) is 49.2 Å². The van der Waals surface area contributed by atoms with E-state index in [2.05, 4.69) is 25.4 Å². The van der Waals surface area contributed by atoms with Crippen LogP contribution in [0.25, 0.3) is 0 Å². The maximum atomic E-state index is 13.1. The maximum Gasteiger partial charge on any atom is 0.410 e. The normalized spacial score (nSPS) is 20.8. The fourth-order valence-electron chi connectivity index (χ4n) is 5.86. The number of ether oxygens (including phenoxy) is 3. The number of hydrogen-bond donors (Lipinski definition) is 3. The molecule has 2 aromatic rings. The Morgan fingerprint density at radius 3 is 2.55 bits per heavy atom. The van der Waals surface area contributed by atoms with Gasteiger partial charge in [-0.1, -0.05) is 17.7 Å². The fraction of sp³-hybridized carbons (Fsp3) is 0.588. The number of pyridine rings is 2. The van der Waals surface area contributed by atoms with Crippen molar-refractivity contribution in [1.82, 2.24) is 25.0 Å². The number of anilines is 2. The van der Waals surface area contributed by atoms with Crippen LogP contribution in [0.1, 0.15) is 77.1 Å². The molecular formula is C34H45ClF3N7O5S. The van der Waals surface area contributed by atoms with Gasteiger partial charge in [0.2, 0.25) is 0 Å². The third-order valence-corrected chi connectivity index (χ3v) is 9.76. The van der Waals surface area contributed by atoms with Crippen molar-refractivity contribution in [3.05, 3.63) is 53.3 Å². The van der Waals surface area contributed by atoms with Gasteiger partial charge in [-0.05, 0) is 97.1 Å². The van der Waals surface area contributed by atoms with Gasteiger partial charge in [0.05, 0.1) is 30.2 Å². The van der Waals surface area contributed by atoms with Gasteiger partial charge in [0, 0.05) is 36.8 Å². The van der Waals surface area contributed by atoms with Gasteiger partial charge in [-0.25, -0.2) is 14.8 Å². The number of nitrogens with one attached hydrogen (secondary N) is 3. The van der Waals surface area contributed by atoms with E-state index in [0.717, 1.165) is 11.9 Å². The van der Waals surface area contributed by atoms with Gasteiger partial charge >= 0.3 is 12.3 Å². The number of carbonyl (C=O) groups excluding carboxylic acids is 2. The number of amides is 2. The van der Waals surface area contributed by atoms with Crippen molar-refractivity contribution in [1.29, 1.82) is 0 Å². The molecule has 17 heteroatoms. The molecule has 4 heterocycles. The molecule has 280 valence electrons. The van der Waals surface area contributed by atoms with E-state index in [1.807, 2.05) is 46.8 Å². The summed E-state index contributed by atoms with van der Waals surface area (Å²) >= 11 is 7.40. The van der Waals surface area contributed by atoms with Crippen molar-refractivity contribution < 1.29 is 37.0 Å². The van der Waals surface area contributed by atoms with Gasteiger partial charge in [0.15, 0.2) is 0 Å². The van der Waals surface area contributed by atoms with Crippen molar-refractivity contribution >= 4 is 47.2 Å². The molecule has 12 nitrogen and oxygen atoms in total. The van der Waals surface area contributed by atoms with Crippen molar-refractivity contribution in [2.45, 2.75) is 101 Å². The monoisotopic (exact) mass is 755 g/mol. The number of likely N-dealkylation sites (tertiary alicyclic amines) is 1. The summed E-state index contributed by atoms with van der Waals surface area (Å²) < 4.78 is 59.4. The van der Waals surface area contributed by atoms with Gasteiger partial charge in [-0.15, -0.1) is 0 Å². The first-order chi connectivity index (χ1) is 23.9. The van der Waals surface area contributed by atoms with E-state index in [1.54, 1.807) is 40.4 Å². The molecule has 1 saturated carbocycles. The number of rotatable bonds is 14. The highest BCUT2D eigenvalue weighted by atomic mass is 35.5. The molecule has 0 spiro atoms. The maximum absolute atomic E-state index is 13.1. The van der Waals surface area contributed by atoms with Crippen LogP contribution in [0.4, 0.5) is 29.6 Å². The van der Waals surface area contributed by atoms with Gasteiger partial charge in [0.25, 0.3) is 5.91 Å². The summed E-state index contributed by atoms with van der Waals surface area (Å²) in [5.74, 6) is 0.545. The minimum atomic E-state index is -4.16. The van der Waals surface area contributed by atoms with Gasteiger partial charge in [-0.3, -0.25) is 14.5 Å². The largest absolute Gasteiger partial charge is 0.444 e. The number of aromatic nitrogens is 2. The van der Waals surface area contributed by atoms with Crippen molar-refractivity contribution in [2.24, 2.45) is 5.41 Å². The van der Waals surface area contributed by atoms with E-state index in [4.69, 9.17) is 25.8 Å². The Hall–Kier alpha value is -3.31.